The average molecular weight is 322 g/mol. The van der Waals surface area contributed by atoms with E-state index in [1.165, 1.54) is 0 Å². The Morgan fingerprint density at radius 1 is 0.917 bits per heavy atom. The van der Waals surface area contributed by atoms with Crippen LogP contribution in [0.1, 0.15) is 36.8 Å². The second-order valence-corrected chi connectivity index (χ2v) is 6.74. The van der Waals surface area contributed by atoms with Crippen LogP contribution in [0.4, 0.5) is 0 Å². The van der Waals surface area contributed by atoms with E-state index in [1.807, 2.05) is 79.8 Å². The maximum Gasteiger partial charge on any atom is 0.123 e. The first-order valence-corrected chi connectivity index (χ1v) is 8.70. The lowest BCUT2D eigenvalue weighted by molar-refractivity contribution is 0.0358. The van der Waals surface area contributed by atoms with Gasteiger partial charge in [-0.05, 0) is 30.4 Å². The molecular formula is C21H26N2O. The summed E-state index contributed by atoms with van der Waals surface area (Å²) in [6.07, 6.45) is 4.17. The highest BCUT2D eigenvalue weighted by atomic mass is 16.3. The second kappa shape index (κ2) is 7.18. The largest absolute Gasteiger partial charge is 0.380 e. The van der Waals surface area contributed by atoms with Gasteiger partial charge in [-0.25, -0.2) is 0 Å². The van der Waals surface area contributed by atoms with E-state index in [0.29, 0.717) is 0 Å². The van der Waals surface area contributed by atoms with Crippen molar-refractivity contribution in [2.24, 2.45) is 11.0 Å². The van der Waals surface area contributed by atoms with E-state index in [1.54, 1.807) is 0 Å². The van der Waals surface area contributed by atoms with E-state index in [2.05, 4.69) is 0 Å². The van der Waals surface area contributed by atoms with Gasteiger partial charge in [0.25, 0.3) is 0 Å². The minimum atomic E-state index is -1.04. The van der Waals surface area contributed by atoms with Gasteiger partial charge in [0.05, 0.1) is 0 Å². The summed E-state index contributed by atoms with van der Waals surface area (Å²) in [4.78, 5) is 0. The zero-order valence-electron chi connectivity index (χ0n) is 14.5. The molecule has 1 N–H and O–H groups in total. The Bertz CT molecular complexity index is 640. The van der Waals surface area contributed by atoms with Crippen LogP contribution in [0.2, 0.25) is 0 Å². The van der Waals surface area contributed by atoms with Crippen molar-refractivity contribution in [3.8, 4) is 0 Å². The number of nitrogens with zero attached hydrogens (tertiary/aromatic N) is 2. The maximum atomic E-state index is 12.0. The van der Waals surface area contributed by atoms with Gasteiger partial charge in [0.2, 0.25) is 0 Å². The average Bonchev–Trinajstić information content (AvgIpc) is 2.62. The topological polar surface area (TPSA) is 35.8 Å². The minimum absolute atomic E-state index is 0.00144. The Hall–Kier alpha value is -2.13. The molecule has 1 atom stereocenters. The van der Waals surface area contributed by atoms with Crippen LogP contribution in [0.25, 0.3) is 0 Å². The summed E-state index contributed by atoms with van der Waals surface area (Å²) in [5, 5.41) is 18.5. The molecule has 0 radical (unpaired) electrons. The lowest BCUT2D eigenvalue weighted by Crippen LogP contribution is -2.43. The zero-order chi connectivity index (χ0) is 17.0. The molecule has 2 aromatic carbocycles. The van der Waals surface area contributed by atoms with Crippen molar-refractivity contribution in [1.29, 1.82) is 0 Å². The van der Waals surface area contributed by atoms with Crippen LogP contribution < -0.4 is 0 Å². The molecular weight excluding hydrogens is 296 g/mol. The highest BCUT2D eigenvalue weighted by molar-refractivity contribution is 5.89. The molecule has 24 heavy (non-hydrogen) atoms. The van der Waals surface area contributed by atoms with E-state index in [-0.39, 0.29) is 5.92 Å². The van der Waals surface area contributed by atoms with E-state index in [0.717, 1.165) is 42.5 Å². The molecule has 3 heteroatoms. The molecule has 0 heterocycles. The lowest BCUT2D eigenvalue weighted by atomic mass is 9.69. The van der Waals surface area contributed by atoms with E-state index >= 15 is 0 Å². The van der Waals surface area contributed by atoms with E-state index < -0.39 is 5.60 Å². The van der Waals surface area contributed by atoms with Crippen molar-refractivity contribution < 1.29 is 5.11 Å². The van der Waals surface area contributed by atoms with E-state index in [4.69, 9.17) is 5.10 Å². The highest BCUT2D eigenvalue weighted by Gasteiger charge is 2.43. The lowest BCUT2D eigenvalue weighted by Gasteiger charge is -2.40. The van der Waals surface area contributed by atoms with Crippen LogP contribution in [-0.4, -0.2) is 29.9 Å². The third-order valence-corrected chi connectivity index (χ3v) is 4.84. The molecule has 3 rings (SSSR count). The Kier molecular flexibility index (Phi) is 5.00. The third kappa shape index (κ3) is 3.22. The van der Waals surface area contributed by atoms with Crippen molar-refractivity contribution in [2.75, 3.05) is 14.1 Å². The molecule has 3 nitrogen and oxygen atoms in total. The molecule has 0 spiro atoms. The summed E-state index contributed by atoms with van der Waals surface area (Å²) < 4.78 is 0. The van der Waals surface area contributed by atoms with Crippen molar-refractivity contribution in [3.05, 3.63) is 71.8 Å². The number of benzene rings is 2. The van der Waals surface area contributed by atoms with Gasteiger partial charge < -0.3 is 10.1 Å². The van der Waals surface area contributed by atoms with Gasteiger partial charge >= 0.3 is 0 Å². The summed E-state index contributed by atoms with van der Waals surface area (Å²) in [6, 6.07) is 20.1. The van der Waals surface area contributed by atoms with Gasteiger partial charge in [-0.2, -0.15) is 5.10 Å². The van der Waals surface area contributed by atoms with Gasteiger partial charge in [-0.3, -0.25) is 0 Å². The van der Waals surface area contributed by atoms with Crippen LogP contribution in [0, 0.1) is 5.92 Å². The summed E-state index contributed by atoms with van der Waals surface area (Å²) in [5.41, 5.74) is 1.93. The molecule has 0 aromatic heterocycles. The quantitative estimate of drug-likeness (QED) is 0.863. The molecule has 0 saturated heterocycles. The number of hydrogen-bond donors (Lipinski definition) is 1. The monoisotopic (exact) mass is 322 g/mol. The summed E-state index contributed by atoms with van der Waals surface area (Å²) >= 11 is 0. The Morgan fingerprint density at radius 2 is 1.46 bits per heavy atom. The first kappa shape index (κ1) is 16.7. The summed E-state index contributed by atoms with van der Waals surface area (Å²) in [6.45, 7) is 0. The molecule has 1 aliphatic carbocycles. The van der Waals surface area contributed by atoms with Gasteiger partial charge in [-0.15, -0.1) is 0 Å². The fraction of sp³-hybridized carbons (Fsp3) is 0.381. The van der Waals surface area contributed by atoms with Crippen LogP contribution in [-0.2, 0) is 5.60 Å². The molecule has 0 aliphatic heterocycles. The van der Waals surface area contributed by atoms with E-state index in [9.17, 15) is 5.11 Å². The Balaban J connectivity index is 2.14. The maximum absolute atomic E-state index is 12.0. The molecule has 0 amide bonds. The number of rotatable bonds is 4. The number of hydrogen-bond acceptors (Lipinski definition) is 3. The first-order chi connectivity index (χ1) is 11.6. The SMILES string of the molecule is CN(C)/N=C1\CCCC[C@H]1C(O)(c1ccccc1)c1ccccc1. The predicted molar refractivity (Wildman–Crippen MR) is 99.0 cm³/mol. The molecule has 0 unspecified atom stereocenters. The fourth-order valence-electron chi connectivity index (χ4n) is 3.78. The van der Waals surface area contributed by atoms with Crippen molar-refractivity contribution in [3.63, 3.8) is 0 Å². The molecule has 126 valence electrons. The standard InChI is InChI=1S/C21H26N2O/c1-23(2)22-20-16-10-9-15-19(20)21(24,17-11-5-3-6-12-17)18-13-7-4-8-14-18/h3-8,11-14,19,24H,9-10,15-16H2,1-2H3/b22-20+/t19-/m1/s1. The van der Waals surface area contributed by atoms with Crippen LogP contribution in [0.15, 0.2) is 65.8 Å². The predicted octanol–water partition coefficient (Wildman–Crippen LogP) is 4.03. The fourth-order valence-corrected chi connectivity index (χ4v) is 3.78. The van der Waals surface area contributed by atoms with Crippen molar-refractivity contribution in [1.82, 2.24) is 5.01 Å². The smallest absolute Gasteiger partial charge is 0.123 e. The van der Waals surface area contributed by atoms with Gasteiger partial charge in [0, 0.05) is 25.7 Å². The molecule has 0 bridgehead atoms. The molecule has 2 aromatic rings. The highest BCUT2D eigenvalue weighted by Crippen LogP contribution is 2.42. The molecule has 1 saturated carbocycles. The Labute approximate surface area is 144 Å². The van der Waals surface area contributed by atoms with Crippen LogP contribution in [0.3, 0.4) is 0 Å². The molecule has 1 fully saturated rings. The number of hydrazone groups is 1. The van der Waals surface area contributed by atoms with Gasteiger partial charge in [0.1, 0.15) is 5.60 Å². The van der Waals surface area contributed by atoms with Gasteiger partial charge in [-0.1, -0.05) is 67.1 Å². The normalized spacial score (nSPS) is 20.1. The first-order valence-electron chi connectivity index (χ1n) is 8.70. The van der Waals surface area contributed by atoms with Crippen LogP contribution in [0.5, 0.6) is 0 Å². The van der Waals surface area contributed by atoms with Crippen LogP contribution >= 0.6 is 0 Å². The number of aliphatic hydroxyl groups is 1. The third-order valence-electron chi connectivity index (χ3n) is 4.84. The van der Waals surface area contributed by atoms with Gasteiger partial charge in [0.15, 0.2) is 0 Å². The zero-order valence-corrected chi connectivity index (χ0v) is 14.5. The Morgan fingerprint density at radius 3 is 1.96 bits per heavy atom. The van der Waals surface area contributed by atoms with Crippen molar-refractivity contribution in [2.45, 2.75) is 31.3 Å². The van der Waals surface area contributed by atoms with Crippen molar-refractivity contribution >= 4 is 5.71 Å². The summed E-state index contributed by atoms with van der Waals surface area (Å²) in [7, 11) is 3.89. The minimum Gasteiger partial charge on any atom is -0.380 e. The second-order valence-electron chi connectivity index (χ2n) is 6.74. The summed E-state index contributed by atoms with van der Waals surface area (Å²) in [5.74, 6) is -0.00144. The molecule has 1 aliphatic rings.